The third-order valence-corrected chi connectivity index (χ3v) is 7.10. The second-order valence-corrected chi connectivity index (χ2v) is 9.06. The van der Waals surface area contributed by atoms with Gasteiger partial charge >= 0.3 is 0 Å². The molecule has 2 aromatic heterocycles. The van der Waals surface area contributed by atoms with Gasteiger partial charge in [0, 0.05) is 61.2 Å². The molecule has 3 aromatic rings. The summed E-state index contributed by atoms with van der Waals surface area (Å²) in [5, 5.41) is 6.45. The fourth-order valence-electron chi connectivity index (χ4n) is 3.55. The Labute approximate surface area is 189 Å². The molecule has 4 rings (SSSR count). The van der Waals surface area contributed by atoms with Gasteiger partial charge in [-0.3, -0.25) is 18.4 Å². The van der Waals surface area contributed by atoms with Crippen LogP contribution in [0.2, 0.25) is 0 Å². The normalized spacial score (nSPS) is 14.5. The molecule has 1 fully saturated rings. The third-order valence-electron chi connectivity index (χ3n) is 5.36. The highest BCUT2D eigenvalue weighted by molar-refractivity contribution is 14.2. The Hall–Kier alpha value is -2.27. The minimum Gasteiger partial charge on any atom is -0.355 e. The Morgan fingerprint density at radius 1 is 1.23 bits per heavy atom. The van der Waals surface area contributed by atoms with E-state index in [0.717, 1.165) is 29.3 Å². The van der Waals surface area contributed by atoms with Gasteiger partial charge in [-0.2, -0.15) is 0 Å². The van der Waals surface area contributed by atoms with E-state index in [2.05, 4.69) is 31.8 Å². The van der Waals surface area contributed by atoms with Gasteiger partial charge < -0.3 is 15.2 Å². The number of aromatic nitrogens is 2. The molecule has 0 aliphatic heterocycles. The van der Waals surface area contributed by atoms with E-state index >= 15 is 0 Å². The van der Waals surface area contributed by atoms with Crippen LogP contribution in [0.25, 0.3) is 10.9 Å². The number of fused-ring (bicyclic) bond motifs is 1. The zero-order chi connectivity index (χ0) is 21.4. The van der Waals surface area contributed by atoms with Crippen LogP contribution in [-0.4, -0.2) is 33.4 Å². The summed E-state index contributed by atoms with van der Waals surface area (Å²) in [6.45, 7) is 1.90. The molecule has 2 N–H and O–H groups in total. The van der Waals surface area contributed by atoms with Crippen molar-refractivity contribution in [3.05, 3.63) is 69.8 Å². The van der Waals surface area contributed by atoms with Crippen molar-refractivity contribution in [1.29, 1.82) is 0 Å². The first-order valence-electron chi connectivity index (χ1n) is 9.62. The molecule has 2 heterocycles. The summed E-state index contributed by atoms with van der Waals surface area (Å²) in [5.74, 6) is -0.776. The lowest BCUT2D eigenvalue weighted by atomic mass is 10.0. The SMILES string of the molecule is CNC(=O)c1cc(C(=O)NC2CC2)cn(C(C)c2cccc3c2ccn3SI)c1=O. The molecular weight excluding hydrogens is 515 g/mol. The van der Waals surface area contributed by atoms with E-state index in [-0.39, 0.29) is 23.6 Å². The molecule has 1 atom stereocenters. The number of carbonyl (C=O) groups excluding carboxylic acids is 2. The minimum atomic E-state index is -0.507. The molecule has 7 nitrogen and oxygen atoms in total. The molecule has 2 amide bonds. The zero-order valence-corrected chi connectivity index (χ0v) is 19.5. The molecule has 30 heavy (non-hydrogen) atoms. The number of halogens is 1. The van der Waals surface area contributed by atoms with Crippen LogP contribution < -0.4 is 16.2 Å². The Balaban J connectivity index is 1.84. The number of pyridine rings is 1. The predicted molar refractivity (Wildman–Crippen MR) is 127 cm³/mol. The predicted octanol–water partition coefficient (Wildman–Crippen LogP) is 3.51. The van der Waals surface area contributed by atoms with Crippen molar-refractivity contribution in [2.45, 2.75) is 31.8 Å². The summed E-state index contributed by atoms with van der Waals surface area (Å²) in [4.78, 5) is 38.2. The molecule has 0 spiro atoms. The highest BCUT2D eigenvalue weighted by Crippen LogP contribution is 2.31. The van der Waals surface area contributed by atoms with Gasteiger partial charge in [0.15, 0.2) is 0 Å². The Kier molecular flexibility index (Phi) is 5.92. The Morgan fingerprint density at radius 3 is 2.67 bits per heavy atom. The summed E-state index contributed by atoms with van der Waals surface area (Å²) in [5.41, 5.74) is 1.83. The maximum Gasteiger partial charge on any atom is 0.264 e. The molecule has 1 aliphatic rings. The van der Waals surface area contributed by atoms with E-state index in [0.29, 0.717) is 5.56 Å². The van der Waals surface area contributed by atoms with Crippen molar-refractivity contribution in [3.8, 4) is 0 Å². The molecule has 0 saturated heterocycles. The smallest absolute Gasteiger partial charge is 0.264 e. The molecule has 156 valence electrons. The number of nitrogens with one attached hydrogen (secondary N) is 2. The maximum atomic E-state index is 13.2. The second-order valence-electron chi connectivity index (χ2n) is 7.35. The van der Waals surface area contributed by atoms with Gasteiger partial charge in [0.2, 0.25) is 0 Å². The monoisotopic (exact) mass is 536 g/mol. The van der Waals surface area contributed by atoms with Crippen molar-refractivity contribution in [1.82, 2.24) is 19.2 Å². The first-order valence-corrected chi connectivity index (χ1v) is 12.9. The van der Waals surface area contributed by atoms with E-state index in [4.69, 9.17) is 0 Å². The maximum absolute atomic E-state index is 13.2. The lowest BCUT2D eigenvalue weighted by molar-refractivity contribution is 0.0950. The van der Waals surface area contributed by atoms with Gasteiger partial charge in [0.25, 0.3) is 17.4 Å². The summed E-state index contributed by atoms with van der Waals surface area (Å²) in [7, 11) is 3.03. The van der Waals surface area contributed by atoms with Gasteiger partial charge in [0.1, 0.15) is 5.56 Å². The molecule has 1 aromatic carbocycles. The average molecular weight is 536 g/mol. The van der Waals surface area contributed by atoms with E-state index in [1.807, 2.05) is 41.4 Å². The molecule has 1 saturated carbocycles. The van der Waals surface area contributed by atoms with Crippen LogP contribution >= 0.6 is 30.3 Å². The van der Waals surface area contributed by atoms with Crippen LogP contribution in [0.3, 0.4) is 0 Å². The first-order chi connectivity index (χ1) is 14.4. The van der Waals surface area contributed by atoms with Crippen LogP contribution in [0.15, 0.2) is 47.5 Å². The van der Waals surface area contributed by atoms with Crippen LogP contribution in [0.4, 0.5) is 0 Å². The number of rotatable bonds is 6. The summed E-state index contributed by atoms with van der Waals surface area (Å²) in [6.07, 6.45) is 5.45. The Morgan fingerprint density at radius 2 is 2.00 bits per heavy atom. The molecule has 0 bridgehead atoms. The zero-order valence-electron chi connectivity index (χ0n) is 16.5. The van der Waals surface area contributed by atoms with Crippen molar-refractivity contribution in [2.75, 3.05) is 7.05 Å². The van der Waals surface area contributed by atoms with Gasteiger partial charge in [-0.25, -0.2) is 0 Å². The van der Waals surface area contributed by atoms with Crippen molar-refractivity contribution in [3.63, 3.8) is 0 Å². The molecular formula is C21H21IN4O3S. The van der Waals surface area contributed by atoms with Gasteiger partial charge in [-0.05, 0) is 43.5 Å². The quantitative estimate of drug-likeness (QED) is 0.473. The largest absolute Gasteiger partial charge is 0.355 e. The molecule has 1 unspecified atom stereocenters. The molecule has 1 aliphatic carbocycles. The third kappa shape index (κ3) is 3.87. The summed E-state index contributed by atoms with van der Waals surface area (Å²) < 4.78 is 3.53. The number of hydrogen-bond donors (Lipinski definition) is 2. The van der Waals surface area contributed by atoms with E-state index in [9.17, 15) is 14.4 Å². The fourth-order valence-corrected chi connectivity index (χ4v) is 4.92. The lowest BCUT2D eigenvalue weighted by Gasteiger charge is -2.19. The fraction of sp³-hybridized carbons (Fsp3) is 0.286. The highest BCUT2D eigenvalue weighted by Gasteiger charge is 2.26. The number of benzene rings is 1. The van der Waals surface area contributed by atoms with Gasteiger partial charge in [0.05, 0.1) is 17.1 Å². The molecule has 9 heteroatoms. The molecule has 0 radical (unpaired) electrons. The number of nitrogens with zero attached hydrogens (tertiary/aromatic N) is 2. The average Bonchev–Trinajstić information content (AvgIpc) is 3.47. The lowest BCUT2D eigenvalue weighted by Crippen LogP contribution is -2.35. The number of carbonyl (C=O) groups is 2. The van der Waals surface area contributed by atoms with Gasteiger partial charge in [-0.15, -0.1) is 0 Å². The van der Waals surface area contributed by atoms with Crippen molar-refractivity contribution < 1.29 is 9.59 Å². The minimum absolute atomic E-state index is 0.0413. The van der Waals surface area contributed by atoms with Crippen LogP contribution in [-0.2, 0) is 0 Å². The number of amides is 2. The van der Waals surface area contributed by atoms with Crippen LogP contribution in [0, 0.1) is 0 Å². The van der Waals surface area contributed by atoms with Crippen LogP contribution in [0.5, 0.6) is 0 Å². The second kappa shape index (κ2) is 8.46. The first kappa shape index (κ1) is 21.0. The summed E-state index contributed by atoms with van der Waals surface area (Å²) >= 11 is 2.22. The topological polar surface area (TPSA) is 85.1 Å². The highest BCUT2D eigenvalue weighted by atomic mass is 127. The van der Waals surface area contributed by atoms with Crippen LogP contribution in [0.1, 0.15) is 52.1 Å². The number of hydrogen-bond acceptors (Lipinski definition) is 4. The van der Waals surface area contributed by atoms with E-state index < -0.39 is 11.5 Å². The van der Waals surface area contributed by atoms with Crippen molar-refractivity contribution >= 4 is 53.0 Å². The standard InChI is InChI=1S/C21H21IN4O3S/c1-12(15-4-3-5-18-16(15)8-9-26(18)30-22)25-11-13(19(27)24-14-6-7-14)10-17(21(25)29)20(28)23-2/h3-5,8-12,14H,6-7H2,1-2H3,(H,23,28)(H,24,27). The van der Waals surface area contributed by atoms with E-state index in [1.165, 1.54) is 17.7 Å². The summed E-state index contributed by atoms with van der Waals surface area (Å²) in [6, 6.07) is 9.15. The Bertz CT molecular complexity index is 1200. The van der Waals surface area contributed by atoms with Gasteiger partial charge in [-0.1, -0.05) is 12.1 Å². The van der Waals surface area contributed by atoms with E-state index in [1.54, 1.807) is 15.3 Å². The van der Waals surface area contributed by atoms with Crippen molar-refractivity contribution in [2.24, 2.45) is 0 Å².